The van der Waals surface area contributed by atoms with Gasteiger partial charge in [-0.2, -0.15) is 0 Å². The molecule has 2 unspecified atom stereocenters. The number of rotatable bonds is 73. The molecule has 0 saturated carbocycles. The summed E-state index contributed by atoms with van der Waals surface area (Å²) in [5.41, 5.74) is 0. The summed E-state index contributed by atoms with van der Waals surface area (Å²) in [6.07, 6.45) is 53.9. The van der Waals surface area contributed by atoms with Gasteiger partial charge >= 0.3 is 39.5 Å². The maximum Gasteiger partial charge on any atom is 0.472 e. The van der Waals surface area contributed by atoms with Crippen molar-refractivity contribution in [3.05, 3.63) is 0 Å². The van der Waals surface area contributed by atoms with E-state index in [2.05, 4.69) is 34.6 Å². The molecule has 0 aromatic carbocycles. The lowest BCUT2D eigenvalue weighted by Gasteiger charge is -2.21. The lowest BCUT2D eigenvalue weighted by molar-refractivity contribution is -0.161. The van der Waals surface area contributed by atoms with Crippen molar-refractivity contribution in [3.8, 4) is 0 Å². The molecule has 0 aliphatic rings. The molecule has 19 heteroatoms. The van der Waals surface area contributed by atoms with Gasteiger partial charge in [0.25, 0.3) is 0 Å². The molecule has 0 radical (unpaired) electrons. The summed E-state index contributed by atoms with van der Waals surface area (Å²) in [6, 6.07) is 0. The molecule has 0 spiro atoms. The number of aliphatic hydroxyl groups is 1. The third kappa shape index (κ3) is 66.7. The largest absolute Gasteiger partial charge is 0.472 e. The van der Waals surface area contributed by atoms with Crippen LogP contribution in [-0.2, 0) is 65.4 Å². The smallest absolute Gasteiger partial charge is 0.462 e. The van der Waals surface area contributed by atoms with Crippen LogP contribution in [0.15, 0.2) is 0 Å². The van der Waals surface area contributed by atoms with E-state index in [9.17, 15) is 43.2 Å². The monoisotopic (exact) mass is 1350 g/mol. The van der Waals surface area contributed by atoms with Crippen molar-refractivity contribution in [2.75, 3.05) is 39.6 Å². The molecule has 0 fully saturated rings. The Morgan fingerprint density at radius 3 is 0.739 bits per heavy atom. The Balaban J connectivity index is 5.25. The fraction of sp³-hybridized carbons (Fsp3) is 0.945. The summed E-state index contributed by atoms with van der Waals surface area (Å²) >= 11 is 0. The van der Waals surface area contributed by atoms with E-state index in [1.165, 1.54) is 205 Å². The second kappa shape index (κ2) is 66.3. The van der Waals surface area contributed by atoms with Crippen LogP contribution >= 0.6 is 15.6 Å². The number of carbonyl (C=O) groups excluding carboxylic acids is 4. The van der Waals surface area contributed by atoms with Crippen molar-refractivity contribution < 1.29 is 80.2 Å². The molecule has 17 nitrogen and oxygen atoms in total. The summed E-state index contributed by atoms with van der Waals surface area (Å²) in [4.78, 5) is 72.7. The van der Waals surface area contributed by atoms with Crippen LogP contribution in [-0.4, -0.2) is 96.7 Å². The Labute approximate surface area is 562 Å². The van der Waals surface area contributed by atoms with E-state index < -0.39 is 97.5 Å². The number of carbonyl (C=O) groups is 4. The van der Waals surface area contributed by atoms with Gasteiger partial charge in [-0.1, -0.05) is 330 Å². The van der Waals surface area contributed by atoms with Gasteiger partial charge in [-0.25, -0.2) is 9.13 Å². The van der Waals surface area contributed by atoms with Crippen LogP contribution in [0, 0.1) is 5.92 Å². The first-order chi connectivity index (χ1) is 44.5. The molecule has 0 rings (SSSR count). The Hall–Kier alpha value is -1.94. The first-order valence-electron chi connectivity index (χ1n) is 38.1. The zero-order chi connectivity index (χ0) is 67.7. The van der Waals surface area contributed by atoms with Crippen molar-refractivity contribution in [1.29, 1.82) is 0 Å². The second-order valence-corrected chi connectivity index (χ2v) is 29.7. The van der Waals surface area contributed by atoms with Crippen LogP contribution in [0.4, 0.5) is 0 Å². The molecule has 0 aliphatic heterocycles. The van der Waals surface area contributed by atoms with Gasteiger partial charge in [0.1, 0.15) is 19.3 Å². The molecule has 3 N–H and O–H groups in total. The zero-order valence-electron chi connectivity index (χ0n) is 59.7. The Kier molecular flexibility index (Phi) is 64.9. The number of phosphoric ester groups is 2. The third-order valence-corrected chi connectivity index (χ3v) is 18.9. The predicted molar refractivity (Wildman–Crippen MR) is 372 cm³/mol. The van der Waals surface area contributed by atoms with Crippen molar-refractivity contribution in [2.24, 2.45) is 5.92 Å². The number of hydrogen-bond donors (Lipinski definition) is 3. The van der Waals surface area contributed by atoms with Crippen LogP contribution < -0.4 is 0 Å². The molecule has 0 aromatic rings. The summed E-state index contributed by atoms with van der Waals surface area (Å²) in [5, 5.41) is 10.6. The lowest BCUT2D eigenvalue weighted by atomic mass is 10.0. The minimum atomic E-state index is -4.95. The van der Waals surface area contributed by atoms with Gasteiger partial charge in [-0.3, -0.25) is 37.3 Å². The highest BCUT2D eigenvalue weighted by Gasteiger charge is 2.30. The Morgan fingerprint density at radius 1 is 0.293 bits per heavy atom. The number of unbranched alkanes of at least 4 members (excludes halogenated alkanes) is 45. The topological polar surface area (TPSA) is 237 Å². The average molecular weight is 1350 g/mol. The summed E-state index contributed by atoms with van der Waals surface area (Å²) in [5.74, 6) is -1.38. The highest BCUT2D eigenvalue weighted by molar-refractivity contribution is 7.47. The van der Waals surface area contributed by atoms with Gasteiger partial charge in [0.05, 0.1) is 26.4 Å². The summed E-state index contributed by atoms with van der Waals surface area (Å²) in [7, 11) is -9.90. The SMILES string of the molecule is CCCCCCCCCCCCCCCCCCC(=O)O[C@H](COC(=O)CCCCCCCCCCCCCCC)COP(=O)(O)OC[C@@H](O)COP(=O)(O)OC[C@@H](COC(=O)CCCCCCCCCCCCC)OC(=O)CCCCCCCCCCCC(C)C. The van der Waals surface area contributed by atoms with Gasteiger partial charge in [-0.05, 0) is 31.6 Å². The maximum atomic E-state index is 13.1. The third-order valence-electron chi connectivity index (χ3n) is 17.0. The molecular formula is C73H142O17P2. The van der Waals surface area contributed by atoms with Crippen molar-refractivity contribution in [3.63, 3.8) is 0 Å². The Morgan fingerprint density at radius 2 is 0.500 bits per heavy atom. The number of esters is 4. The van der Waals surface area contributed by atoms with Crippen LogP contribution in [0.3, 0.4) is 0 Å². The van der Waals surface area contributed by atoms with E-state index in [1.54, 1.807) is 0 Å². The van der Waals surface area contributed by atoms with Crippen molar-refractivity contribution in [2.45, 2.75) is 400 Å². The zero-order valence-corrected chi connectivity index (χ0v) is 61.5. The minimum Gasteiger partial charge on any atom is -0.462 e. The quantitative estimate of drug-likeness (QED) is 0.0222. The number of ether oxygens (including phenoxy) is 4. The number of aliphatic hydroxyl groups excluding tert-OH is 1. The molecular weight excluding hydrogens is 1210 g/mol. The highest BCUT2D eigenvalue weighted by atomic mass is 31.2. The van der Waals surface area contributed by atoms with Gasteiger partial charge < -0.3 is 33.8 Å². The molecule has 92 heavy (non-hydrogen) atoms. The van der Waals surface area contributed by atoms with Gasteiger partial charge in [-0.15, -0.1) is 0 Å². The standard InChI is InChI=1S/C73H142O17P2/c1-6-9-12-15-18-21-24-26-27-28-30-33-38-43-48-53-58-72(77)89-68(62-84-71(76)57-52-47-42-37-32-29-25-22-19-16-13-10-7-2)64-87-91(79,80)85-60-67(74)61-86-92(81,82)88-65-69(63-83-70(75)56-51-46-41-36-31-23-20-17-14-11-8-3)90-73(78)59-54-49-44-39-34-35-40-45-50-55-66(4)5/h66-69,74H,6-65H2,1-5H3,(H,79,80)(H,81,82)/t67-,68-,69-/m1/s1. The van der Waals surface area contributed by atoms with E-state index in [-0.39, 0.29) is 25.7 Å². The first kappa shape index (κ1) is 90.1. The number of phosphoric acid groups is 2. The highest BCUT2D eigenvalue weighted by Crippen LogP contribution is 2.45. The van der Waals surface area contributed by atoms with Crippen molar-refractivity contribution >= 4 is 39.5 Å². The lowest BCUT2D eigenvalue weighted by Crippen LogP contribution is -2.30. The predicted octanol–water partition coefficient (Wildman–Crippen LogP) is 21.3. The minimum absolute atomic E-state index is 0.106. The Bertz CT molecular complexity index is 1770. The normalized spacial score (nSPS) is 14.0. The van der Waals surface area contributed by atoms with Gasteiger partial charge in [0, 0.05) is 25.7 Å². The fourth-order valence-corrected chi connectivity index (χ4v) is 12.8. The van der Waals surface area contributed by atoms with E-state index in [0.29, 0.717) is 25.7 Å². The second-order valence-electron chi connectivity index (χ2n) is 26.8. The number of hydrogen-bond acceptors (Lipinski definition) is 15. The van der Waals surface area contributed by atoms with Crippen LogP contribution in [0.25, 0.3) is 0 Å². The summed E-state index contributed by atoms with van der Waals surface area (Å²) in [6.45, 7) is 7.25. The van der Waals surface area contributed by atoms with Gasteiger partial charge in [0.15, 0.2) is 12.2 Å². The van der Waals surface area contributed by atoms with Crippen molar-refractivity contribution in [1.82, 2.24) is 0 Å². The summed E-state index contributed by atoms with van der Waals surface area (Å²) < 4.78 is 68.4. The molecule has 546 valence electrons. The van der Waals surface area contributed by atoms with Crippen LogP contribution in [0.2, 0.25) is 0 Å². The van der Waals surface area contributed by atoms with Crippen LogP contribution in [0.1, 0.15) is 381 Å². The van der Waals surface area contributed by atoms with Crippen LogP contribution in [0.5, 0.6) is 0 Å². The molecule has 0 aliphatic carbocycles. The van der Waals surface area contributed by atoms with E-state index >= 15 is 0 Å². The fourth-order valence-electron chi connectivity index (χ4n) is 11.2. The average Bonchev–Trinajstić information content (AvgIpc) is 1.72. The van der Waals surface area contributed by atoms with E-state index in [4.69, 9.17) is 37.0 Å². The first-order valence-corrected chi connectivity index (χ1v) is 41.1. The maximum absolute atomic E-state index is 13.1. The molecule has 0 saturated heterocycles. The molecule has 0 bridgehead atoms. The van der Waals surface area contributed by atoms with E-state index in [1.807, 2.05) is 0 Å². The van der Waals surface area contributed by atoms with E-state index in [0.717, 1.165) is 95.8 Å². The molecule has 0 amide bonds. The molecule has 0 heterocycles. The van der Waals surface area contributed by atoms with Gasteiger partial charge in [0.2, 0.25) is 0 Å². The molecule has 5 atom stereocenters. The molecule has 0 aromatic heterocycles.